The van der Waals surface area contributed by atoms with Gasteiger partial charge in [0.25, 0.3) is 5.91 Å². The summed E-state index contributed by atoms with van der Waals surface area (Å²) >= 11 is 0. The molecule has 1 N–H and O–H groups in total. The van der Waals surface area contributed by atoms with Crippen molar-refractivity contribution in [2.45, 2.75) is 12.8 Å². The molecule has 0 saturated carbocycles. The van der Waals surface area contributed by atoms with Crippen LogP contribution in [0.4, 0.5) is 11.8 Å². The monoisotopic (exact) mass is 340 g/mol. The second-order valence-corrected chi connectivity index (χ2v) is 6.52. The number of hydrogen-bond acceptors (Lipinski definition) is 6. The lowest BCUT2D eigenvalue weighted by Gasteiger charge is -2.32. The normalized spacial score (nSPS) is 17.2. The molecule has 0 spiro atoms. The molecule has 25 heavy (non-hydrogen) atoms. The van der Waals surface area contributed by atoms with Crippen LogP contribution in [0, 0.1) is 5.92 Å². The molecule has 0 radical (unpaired) electrons. The van der Waals surface area contributed by atoms with Crippen molar-refractivity contribution in [2.75, 3.05) is 43.9 Å². The third-order valence-electron chi connectivity index (χ3n) is 4.34. The highest BCUT2D eigenvalue weighted by molar-refractivity contribution is 5.93. The molecule has 1 saturated heterocycles. The number of amides is 1. The summed E-state index contributed by atoms with van der Waals surface area (Å²) in [5.41, 5.74) is 0.598. The number of carbonyl (C=O) groups is 1. The third kappa shape index (κ3) is 4.43. The van der Waals surface area contributed by atoms with Crippen LogP contribution in [0.3, 0.4) is 0 Å². The van der Waals surface area contributed by atoms with Crippen molar-refractivity contribution in [1.82, 2.24) is 19.9 Å². The van der Waals surface area contributed by atoms with Gasteiger partial charge in [0.15, 0.2) is 0 Å². The summed E-state index contributed by atoms with van der Waals surface area (Å²) in [6.07, 6.45) is 7.49. The molecule has 1 unspecified atom stereocenters. The maximum absolute atomic E-state index is 11.9. The van der Waals surface area contributed by atoms with E-state index in [0.29, 0.717) is 11.5 Å². The Labute approximate surface area is 148 Å². The Morgan fingerprint density at radius 1 is 1.28 bits per heavy atom. The van der Waals surface area contributed by atoms with E-state index < -0.39 is 0 Å². The van der Waals surface area contributed by atoms with Crippen LogP contribution in [0.2, 0.25) is 0 Å². The van der Waals surface area contributed by atoms with Crippen molar-refractivity contribution in [1.29, 1.82) is 0 Å². The first-order chi connectivity index (χ1) is 12.1. The SMILES string of the molecule is CN(C)C(=O)c1ccc(NCC2CCCN(c3ncccn3)C2)nc1. The van der Waals surface area contributed by atoms with Gasteiger partial charge >= 0.3 is 0 Å². The molecule has 1 atom stereocenters. The number of carbonyl (C=O) groups excluding carboxylic acids is 1. The van der Waals surface area contributed by atoms with Crippen LogP contribution in [-0.4, -0.2) is 59.5 Å². The molecule has 1 aliphatic rings. The lowest BCUT2D eigenvalue weighted by Crippen LogP contribution is -2.39. The topological polar surface area (TPSA) is 74.2 Å². The van der Waals surface area contributed by atoms with Crippen molar-refractivity contribution in [3.05, 3.63) is 42.4 Å². The minimum Gasteiger partial charge on any atom is -0.370 e. The molecular weight excluding hydrogens is 316 g/mol. The van der Waals surface area contributed by atoms with Crippen LogP contribution >= 0.6 is 0 Å². The Hall–Kier alpha value is -2.70. The fraction of sp³-hybridized carbons (Fsp3) is 0.444. The van der Waals surface area contributed by atoms with Gasteiger partial charge in [-0.05, 0) is 37.0 Å². The molecular formula is C18H24N6O. The average molecular weight is 340 g/mol. The first-order valence-corrected chi connectivity index (χ1v) is 8.57. The van der Waals surface area contributed by atoms with E-state index in [1.807, 2.05) is 18.2 Å². The van der Waals surface area contributed by atoms with Gasteiger partial charge in [-0.2, -0.15) is 0 Å². The Bertz CT molecular complexity index is 688. The zero-order chi connectivity index (χ0) is 17.6. The minimum atomic E-state index is -0.0372. The fourth-order valence-electron chi connectivity index (χ4n) is 3.00. The largest absolute Gasteiger partial charge is 0.370 e. The number of anilines is 2. The summed E-state index contributed by atoms with van der Waals surface area (Å²) in [4.78, 5) is 28.7. The summed E-state index contributed by atoms with van der Waals surface area (Å²) < 4.78 is 0. The number of nitrogens with zero attached hydrogens (tertiary/aromatic N) is 5. The predicted molar refractivity (Wildman–Crippen MR) is 97.7 cm³/mol. The van der Waals surface area contributed by atoms with Crippen LogP contribution in [0.5, 0.6) is 0 Å². The summed E-state index contributed by atoms with van der Waals surface area (Å²) in [6, 6.07) is 5.50. The molecule has 2 aromatic heterocycles. The van der Waals surface area contributed by atoms with Gasteiger partial charge in [0.05, 0.1) is 5.56 Å². The second-order valence-electron chi connectivity index (χ2n) is 6.52. The highest BCUT2D eigenvalue weighted by atomic mass is 16.2. The number of pyridine rings is 1. The van der Waals surface area contributed by atoms with Gasteiger partial charge in [-0.25, -0.2) is 15.0 Å². The number of nitrogens with one attached hydrogen (secondary N) is 1. The van der Waals surface area contributed by atoms with E-state index in [2.05, 4.69) is 25.2 Å². The molecule has 0 bridgehead atoms. The Morgan fingerprint density at radius 2 is 2.08 bits per heavy atom. The van der Waals surface area contributed by atoms with Crippen molar-refractivity contribution < 1.29 is 4.79 Å². The van der Waals surface area contributed by atoms with Gasteiger partial charge < -0.3 is 15.1 Å². The van der Waals surface area contributed by atoms with Crippen molar-refractivity contribution in [3.8, 4) is 0 Å². The van der Waals surface area contributed by atoms with E-state index in [0.717, 1.165) is 37.8 Å². The van der Waals surface area contributed by atoms with E-state index in [1.165, 1.54) is 6.42 Å². The van der Waals surface area contributed by atoms with Crippen LogP contribution in [0.15, 0.2) is 36.8 Å². The molecule has 0 aromatic carbocycles. The Balaban J connectivity index is 1.54. The summed E-state index contributed by atoms with van der Waals surface area (Å²) in [5.74, 6) is 2.08. The van der Waals surface area contributed by atoms with Gasteiger partial charge in [0, 0.05) is 52.3 Å². The van der Waals surface area contributed by atoms with Gasteiger partial charge in [-0.3, -0.25) is 4.79 Å². The van der Waals surface area contributed by atoms with Crippen LogP contribution in [0.25, 0.3) is 0 Å². The third-order valence-corrected chi connectivity index (χ3v) is 4.34. The maximum Gasteiger partial charge on any atom is 0.254 e. The number of rotatable bonds is 5. The Kier molecular flexibility index (Phi) is 5.42. The predicted octanol–water partition coefficient (Wildman–Crippen LogP) is 1.90. The van der Waals surface area contributed by atoms with Crippen LogP contribution in [0.1, 0.15) is 23.2 Å². The van der Waals surface area contributed by atoms with Gasteiger partial charge in [-0.1, -0.05) is 0 Å². The molecule has 3 rings (SSSR count). The van der Waals surface area contributed by atoms with Crippen molar-refractivity contribution >= 4 is 17.7 Å². The lowest BCUT2D eigenvalue weighted by atomic mass is 9.98. The van der Waals surface area contributed by atoms with E-state index in [9.17, 15) is 4.79 Å². The fourth-order valence-corrected chi connectivity index (χ4v) is 3.00. The molecule has 0 aliphatic carbocycles. The highest BCUT2D eigenvalue weighted by Gasteiger charge is 2.21. The molecule has 1 aliphatic heterocycles. The maximum atomic E-state index is 11.9. The standard InChI is InChI=1S/C18H24N6O/c1-23(2)17(25)15-6-7-16(22-12-15)21-11-14-5-3-10-24(13-14)18-19-8-4-9-20-18/h4,6-9,12,14H,3,5,10-11,13H2,1-2H3,(H,21,22). The van der Waals surface area contributed by atoms with E-state index in [4.69, 9.17) is 0 Å². The van der Waals surface area contributed by atoms with E-state index in [1.54, 1.807) is 37.6 Å². The molecule has 132 valence electrons. The molecule has 1 amide bonds. The summed E-state index contributed by atoms with van der Waals surface area (Å²) in [7, 11) is 3.47. The Morgan fingerprint density at radius 3 is 2.76 bits per heavy atom. The highest BCUT2D eigenvalue weighted by Crippen LogP contribution is 2.20. The second kappa shape index (κ2) is 7.92. The van der Waals surface area contributed by atoms with E-state index in [-0.39, 0.29) is 5.91 Å². The van der Waals surface area contributed by atoms with Gasteiger partial charge in [-0.15, -0.1) is 0 Å². The van der Waals surface area contributed by atoms with Crippen molar-refractivity contribution in [3.63, 3.8) is 0 Å². The quantitative estimate of drug-likeness (QED) is 0.896. The van der Waals surface area contributed by atoms with Crippen LogP contribution < -0.4 is 10.2 Å². The summed E-state index contributed by atoms with van der Waals surface area (Å²) in [6.45, 7) is 2.78. The lowest BCUT2D eigenvalue weighted by molar-refractivity contribution is 0.0827. The minimum absolute atomic E-state index is 0.0372. The number of hydrogen-bond donors (Lipinski definition) is 1. The smallest absolute Gasteiger partial charge is 0.254 e. The number of aromatic nitrogens is 3. The summed E-state index contributed by atoms with van der Waals surface area (Å²) in [5, 5.41) is 3.38. The molecule has 3 heterocycles. The van der Waals surface area contributed by atoms with Gasteiger partial charge in [0.1, 0.15) is 5.82 Å². The van der Waals surface area contributed by atoms with Crippen molar-refractivity contribution in [2.24, 2.45) is 5.92 Å². The van der Waals surface area contributed by atoms with E-state index >= 15 is 0 Å². The zero-order valence-electron chi connectivity index (χ0n) is 14.7. The zero-order valence-corrected chi connectivity index (χ0v) is 14.7. The molecule has 7 nitrogen and oxygen atoms in total. The average Bonchev–Trinajstić information content (AvgIpc) is 2.67. The first kappa shape index (κ1) is 17.1. The molecule has 1 fully saturated rings. The first-order valence-electron chi connectivity index (χ1n) is 8.57. The number of piperidine rings is 1. The van der Waals surface area contributed by atoms with Gasteiger partial charge in [0.2, 0.25) is 5.95 Å². The van der Waals surface area contributed by atoms with Crippen LogP contribution in [-0.2, 0) is 0 Å². The molecule has 2 aromatic rings. The molecule has 7 heteroatoms.